The SMILES string of the molecule is CN(CC1CC(c2ccccc2)NN1)C(=O)c1cn(C2CCCCCC2)nn1. The van der Waals surface area contributed by atoms with Gasteiger partial charge in [-0.25, -0.2) is 10.1 Å². The predicted molar refractivity (Wildman–Crippen MR) is 108 cm³/mol. The first-order valence-corrected chi connectivity index (χ1v) is 10.4. The smallest absolute Gasteiger partial charge is 0.275 e. The third kappa shape index (κ3) is 4.42. The second-order valence-electron chi connectivity index (χ2n) is 8.10. The molecule has 2 unspecified atom stereocenters. The summed E-state index contributed by atoms with van der Waals surface area (Å²) >= 11 is 0. The topological polar surface area (TPSA) is 75.1 Å². The van der Waals surface area contributed by atoms with Gasteiger partial charge >= 0.3 is 0 Å². The number of benzene rings is 1. The van der Waals surface area contributed by atoms with Crippen molar-refractivity contribution in [2.45, 2.75) is 63.1 Å². The number of carbonyl (C=O) groups is 1. The lowest BCUT2D eigenvalue weighted by atomic mass is 10.0. The van der Waals surface area contributed by atoms with Crippen molar-refractivity contribution in [2.24, 2.45) is 0 Å². The molecule has 0 bridgehead atoms. The van der Waals surface area contributed by atoms with Gasteiger partial charge < -0.3 is 4.90 Å². The second kappa shape index (κ2) is 8.84. The lowest BCUT2D eigenvalue weighted by Gasteiger charge is -2.20. The minimum absolute atomic E-state index is 0.0650. The molecular formula is C21H30N6O. The quantitative estimate of drug-likeness (QED) is 0.778. The van der Waals surface area contributed by atoms with Crippen LogP contribution in [-0.4, -0.2) is 45.4 Å². The highest BCUT2D eigenvalue weighted by molar-refractivity contribution is 5.91. The monoisotopic (exact) mass is 382 g/mol. The molecule has 1 saturated heterocycles. The van der Waals surface area contributed by atoms with Gasteiger partial charge in [-0.3, -0.25) is 10.2 Å². The third-order valence-electron chi connectivity index (χ3n) is 5.95. The fourth-order valence-electron chi connectivity index (χ4n) is 4.33. The molecule has 28 heavy (non-hydrogen) atoms. The summed E-state index contributed by atoms with van der Waals surface area (Å²) in [5, 5.41) is 8.43. The van der Waals surface area contributed by atoms with Gasteiger partial charge in [0.15, 0.2) is 5.69 Å². The molecule has 0 spiro atoms. The second-order valence-corrected chi connectivity index (χ2v) is 8.10. The number of likely N-dealkylation sites (N-methyl/N-ethyl adjacent to an activating group) is 1. The van der Waals surface area contributed by atoms with Crippen LogP contribution in [0.4, 0.5) is 0 Å². The van der Waals surface area contributed by atoms with Gasteiger partial charge in [0.2, 0.25) is 0 Å². The van der Waals surface area contributed by atoms with Gasteiger partial charge in [0, 0.05) is 25.7 Å². The van der Waals surface area contributed by atoms with Crippen LogP contribution in [0.25, 0.3) is 0 Å². The van der Waals surface area contributed by atoms with Crippen molar-refractivity contribution in [3.8, 4) is 0 Å². The molecule has 1 aliphatic carbocycles. The van der Waals surface area contributed by atoms with E-state index in [1.54, 1.807) is 4.90 Å². The van der Waals surface area contributed by atoms with Gasteiger partial charge in [-0.05, 0) is 24.8 Å². The Morgan fingerprint density at radius 1 is 1.14 bits per heavy atom. The van der Waals surface area contributed by atoms with E-state index in [2.05, 4.69) is 45.4 Å². The van der Waals surface area contributed by atoms with E-state index in [4.69, 9.17) is 0 Å². The Bertz CT molecular complexity index is 768. The number of aromatic nitrogens is 3. The van der Waals surface area contributed by atoms with Crippen LogP contribution in [0.5, 0.6) is 0 Å². The van der Waals surface area contributed by atoms with E-state index in [0.717, 1.165) is 19.3 Å². The van der Waals surface area contributed by atoms with E-state index in [0.29, 0.717) is 18.3 Å². The number of carbonyl (C=O) groups excluding carboxylic acids is 1. The molecular weight excluding hydrogens is 352 g/mol. The zero-order valence-corrected chi connectivity index (χ0v) is 16.6. The van der Waals surface area contributed by atoms with Gasteiger partial charge in [-0.2, -0.15) is 0 Å². The third-order valence-corrected chi connectivity index (χ3v) is 5.95. The molecule has 4 rings (SSSR count). The molecule has 0 radical (unpaired) electrons. The first kappa shape index (κ1) is 19.1. The van der Waals surface area contributed by atoms with Crippen LogP contribution in [0, 0.1) is 0 Å². The maximum Gasteiger partial charge on any atom is 0.275 e. The minimum atomic E-state index is -0.0650. The van der Waals surface area contributed by atoms with Crippen molar-refractivity contribution in [3.05, 3.63) is 47.8 Å². The summed E-state index contributed by atoms with van der Waals surface area (Å²) in [7, 11) is 1.84. The van der Waals surface area contributed by atoms with E-state index >= 15 is 0 Å². The highest BCUT2D eigenvalue weighted by atomic mass is 16.2. The van der Waals surface area contributed by atoms with Gasteiger partial charge in [0.05, 0.1) is 12.2 Å². The van der Waals surface area contributed by atoms with Crippen molar-refractivity contribution in [1.29, 1.82) is 0 Å². The molecule has 1 amide bonds. The number of hydrogen-bond acceptors (Lipinski definition) is 5. The van der Waals surface area contributed by atoms with Gasteiger partial charge in [0.1, 0.15) is 0 Å². The first-order valence-electron chi connectivity index (χ1n) is 10.4. The summed E-state index contributed by atoms with van der Waals surface area (Å²) in [6, 6.07) is 11.2. The molecule has 2 atom stereocenters. The molecule has 1 aromatic carbocycles. The molecule has 1 aromatic heterocycles. The lowest BCUT2D eigenvalue weighted by Crippen LogP contribution is -2.41. The Kier molecular flexibility index (Phi) is 6.02. The maximum atomic E-state index is 12.8. The summed E-state index contributed by atoms with van der Waals surface area (Å²) in [5.74, 6) is -0.0650. The molecule has 2 fully saturated rings. The Labute approximate surface area is 166 Å². The molecule has 7 nitrogen and oxygen atoms in total. The summed E-state index contributed by atoms with van der Waals surface area (Å²) in [4.78, 5) is 14.6. The Morgan fingerprint density at radius 3 is 2.64 bits per heavy atom. The van der Waals surface area contributed by atoms with Crippen LogP contribution in [0.3, 0.4) is 0 Å². The van der Waals surface area contributed by atoms with Crippen molar-refractivity contribution in [1.82, 2.24) is 30.7 Å². The molecule has 7 heteroatoms. The predicted octanol–water partition coefficient (Wildman–Crippen LogP) is 2.85. The molecule has 2 aliphatic rings. The van der Waals surface area contributed by atoms with Crippen LogP contribution >= 0.6 is 0 Å². The van der Waals surface area contributed by atoms with Crippen molar-refractivity contribution in [3.63, 3.8) is 0 Å². The number of nitrogens with one attached hydrogen (secondary N) is 2. The molecule has 2 N–H and O–H groups in total. The highest BCUT2D eigenvalue weighted by Crippen LogP contribution is 2.26. The zero-order chi connectivity index (χ0) is 19.3. The Morgan fingerprint density at radius 2 is 1.89 bits per heavy atom. The molecule has 1 aliphatic heterocycles. The minimum Gasteiger partial charge on any atom is -0.339 e. The number of rotatable bonds is 5. The summed E-state index contributed by atoms with van der Waals surface area (Å²) < 4.78 is 1.91. The average molecular weight is 383 g/mol. The summed E-state index contributed by atoms with van der Waals surface area (Å²) in [6.45, 7) is 0.630. The fourth-order valence-corrected chi connectivity index (χ4v) is 4.33. The van der Waals surface area contributed by atoms with E-state index in [9.17, 15) is 4.79 Å². The Balaban J connectivity index is 1.32. The van der Waals surface area contributed by atoms with E-state index in [1.807, 2.05) is 24.0 Å². The maximum absolute atomic E-state index is 12.8. The normalized spacial score (nSPS) is 23.5. The van der Waals surface area contributed by atoms with Crippen molar-refractivity contribution >= 4 is 5.91 Å². The lowest BCUT2D eigenvalue weighted by molar-refractivity contribution is 0.0777. The molecule has 1 saturated carbocycles. The fraction of sp³-hybridized carbons (Fsp3) is 0.571. The largest absolute Gasteiger partial charge is 0.339 e. The van der Waals surface area contributed by atoms with Crippen LogP contribution < -0.4 is 10.9 Å². The van der Waals surface area contributed by atoms with E-state index in [-0.39, 0.29) is 18.0 Å². The van der Waals surface area contributed by atoms with Crippen molar-refractivity contribution < 1.29 is 4.79 Å². The zero-order valence-electron chi connectivity index (χ0n) is 16.6. The average Bonchev–Trinajstić information content (AvgIpc) is 3.32. The van der Waals surface area contributed by atoms with Gasteiger partial charge in [0.25, 0.3) is 5.91 Å². The van der Waals surface area contributed by atoms with Crippen LogP contribution in [-0.2, 0) is 0 Å². The standard InChI is InChI=1S/C21H30N6O/c1-26(14-17-13-19(23-22-17)16-9-5-4-6-10-16)21(28)20-15-27(25-24-20)18-11-7-2-3-8-12-18/h4-6,9-10,15,17-19,22-23H,2-3,7-8,11-14H2,1H3. The molecule has 150 valence electrons. The summed E-state index contributed by atoms with van der Waals surface area (Å²) in [5.41, 5.74) is 8.36. The van der Waals surface area contributed by atoms with Gasteiger partial charge in [-0.1, -0.05) is 61.2 Å². The van der Waals surface area contributed by atoms with Crippen LogP contribution in [0.15, 0.2) is 36.5 Å². The van der Waals surface area contributed by atoms with E-state index < -0.39 is 0 Å². The van der Waals surface area contributed by atoms with Gasteiger partial charge in [-0.15, -0.1) is 5.10 Å². The summed E-state index contributed by atoms with van der Waals surface area (Å²) in [6.07, 6.45) is 10.1. The molecule has 2 heterocycles. The molecule has 2 aromatic rings. The van der Waals surface area contributed by atoms with Crippen molar-refractivity contribution in [2.75, 3.05) is 13.6 Å². The van der Waals surface area contributed by atoms with Crippen LogP contribution in [0.2, 0.25) is 0 Å². The number of amides is 1. The highest BCUT2D eigenvalue weighted by Gasteiger charge is 2.28. The van der Waals surface area contributed by atoms with E-state index in [1.165, 1.54) is 31.2 Å². The first-order chi connectivity index (χ1) is 13.7. The Hall–Kier alpha value is -2.25. The number of hydrogen-bond donors (Lipinski definition) is 2. The van der Waals surface area contributed by atoms with Crippen LogP contribution in [0.1, 0.15) is 73.1 Å². The number of nitrogens with zero attached hydrogens (tertiary/aromatic N) is 4. The number of hydrazine groups is 1.